The number of nitrogen functional groups attached to an aromatic ring is 1. The number of anilines is 2. The lowest BCUT2D eigenvalue weighted by Crippen LogP contribution is -2.14. The zero-order valence-corrected chi connectivity index (χ0v) is 12.4. The van der Waals surface area contributed by atoms with Crippen molar-refractivity contribution in [3.63, 3.8) is 0 Å². The van der Waals surface area contributed by atoms with Crippen molar-refractivity contribution in [1.82, 2.24) is 0 Å². The quantitative estimate of drug-likeness (QED) is 0.835. The van der Waals surface area contributed by atoms with E-state index >= 15 is 0 Å². The largest absolute Gasteiger partial charge is 0.398 e. The third-order valence-electron chi connectivity index (χ3n) is 3.48. The number of rotatable bonds is 3. The van der Waals surface area contributed by atoms with E-state index in [1.54, 1.807) is 6.92 Å². The van der Waals surface area contributed by atoms with Crippen LogP contribution >= 0.6 is 0 Å². The number of nitrogens with one attached hydrogen (secondary N) is 1. The first-order chi connectivity index (χ1) is 9.90. The first-order valence-electron chi connectivity index (χ1n) is 6.86. The number of benzene rings is 2. The van der Waals surface area contributed by atoms with Gasteiger partial charge in [-0.05, 0) is 36.6 Å². The van der Waals surface area contributed by atoms with Crippen molar-refractivity contribution in [3.05, 3.63) is 58.9 Å². The second-order valence-electron chi connectivity index (χ2n) is 5.37. The van der Waals surface area contributed by atoms with Crippen LogP contribution < -0.4 is 11.1 Å². The number of nitrogens with two attached hydrogens (primary N) is 1. The van der Waals surface area contributed by atoms with Crippen LogP contribution in [0.5, 0.6) is 0 Å². The van der Waals surface area contributed by atoms with E-state index in [-0.39, 0.29) is 23.1 Å². The highest BCUT2D eigenvalue weighted by molar-refractivity contribution is 6.05. The molecule has 0 saturated heterocycles. The van der Waals surface area contributed by atoms with E-state index in [1.807, 2.05) is 24.3 Å². The van der Waals surface area contributed by atoms with E-state index < -0.39 is 5.82 Å². The van der Waals surface area contributed by atoms with Crippen molar-refractivity contribution in [1.29, 1.82) is 0 Å². The fourth-order valence-electron chi connectivity index (χ4n) is 2.14. The lowest BCUT2D eigenvalue weighted by molar-refractivity contribution is 0.102. The fourth-order valence-corrected chi connectivity index (χ4v) is 2.14. The minimum atomic E-state index is -0.475. The van der Waals surface area contributed by atoms with Crippen molar-refractivity contribution in [2.24, 2.45) is 0 Å². The Morgan fingerprint density at radius 1 is 1.24 bits per heavy atom. The van der Waals surface area contributed by atoms with Gasteiger partial charge in [0, 0.05) is 22.5 Å². The SMILES string of the molecule is Cc1c(N)cc(C(=O)Nc2ccccc2C(C)C)cc1F. The Hall–Kier alpha value is -2.36. The fraction of sp³-hybridized carbons (Fsp3) is 0.235. The average molecular weight is 286 g/mol. The Morgan fingerprint density at radius 3 is 2.52 bits per heavy atom. The summed E-state index contributed by atoms with van der Waals surface area (Å²) in [6, 6.07) is 10.3. The van der Waals surface area contributed by atoms with Crippen LogP contribution in [-0.2, 0) is 0 Å². The topological polar surface area (TPSA) is 55.1 Å². The average Bonchev–Trinajstić information content (AvgIpc) is 2.44. The van der Waals surface area contributed by atoms with Crippen LogP contribution in [0.3, 0.4) is 0 Å². The van der Waals surface area contributed by atoms with E-state index in [4.69, 9.17) is 5.73 Å². The molecule has 0 atom stereocenters. The molecule has 0 saturated carbocycles. The molecule has 0 aliphatic heterocycles. The monoisotopic (exact) mass is 286 g/mol. The molecule has 0 unspecified atom stereocenters. The first-order valence-corrected chi connectivity index (χ1v) is 6.86. The van der Waals surface area contributed by atoms with Gasteiger partial charge in [-0.25, -0.2) is 4.39 Å². The third kappa shape index (κ3) is 3.21. The highest BCUT2D eigenvalue weighted by atomic mass is 19.1. The molecule has 0 bridgehead atoms. The zero-order chi connectivity index (χ0) is 15.6. The van der Waals surface area contributed by atoms with Crippen molar-refractivity contribution >= 4 is 17.3 Å². The van der Waals surface area contributed by atoms with E-state index in [0.29, 0.717) is 5.56 Å². The molecule has 1 amide bonds. The Kier molecular flexibility index (Phi) is 4.26. The lowest BCUT2D eigenvalue weighted by atomic mass is 10.0. The van der Waals surface area contributed by atoms with Crippen LogP contribution in [0.25, 0.3) is 0 Å². The number of amides is 1. The van der Waals surface area contributed by atoms with Gasteiger partial charge in [-0.1, -0.05) is 32.0 Å². The molecule has 2 rings (SSSR count). The molecule has 0 radical (unpaired) electrons. The molecular formula is C17H19FN2O. The summed E-state index contributed by atoms with van der Waals surface area (Å²) in [5.74, 6) is -0.563. The molecule has 3 nitrogen and oxygen atoms in total. The molecule has 2 aromatic carbocycles. The van der Waals surface area contributed by atoms with Gasteiger partial charge in [0.25, 0.3) is 5.91 Å². The van der Waals surface area contributed by atoms with Crippen LogP contribution in [0.15, 0.2) is 36.4 Å². The smallest absolute Gasteiger partial charge is 0.255 e. The molecule has 0 aromatic heterocycles. The summed E-state index contributed by atoms with van der Waals surface area (Å²) in [7, 11) is 0. The maximum absolute atomic E-state index is 13.7. The molecule has 0 spiro atoms. The van der Waals surface area contributed by atoms with Gasteiger partial charge in [0.15, 0.2) is 0 Å². The first kappa shape index (κ1) is 15.0. The zero-order valence-electron chi connectivity index (χ0n) is 12.4. The van der Waals surface area contributed by atoms with Gasteiger partial charge in [0.1, 0.15) is 5.82 Å². The van der Waals surface area contributed by atoms with Crippen molar-refractivity contribution in [2.45, 2.75) is 26.7 Å². The standard InChI is InChI=1S/C17H19FN2O/c1-10(2)13-6-4-5-7-16(13)20-17(21)12-8-14(18)11(3)15(19)9-12/h4-10H,19H2,1-3H3,(H,20,21). The van der Waals surface area contributed by atoms with Crippen LogP contribution in [0.4, 0.5) is 15.8 Å². The van der Waals surface area contributed by atoms with Crippen molar-refractivity contribution in [2.75, 3.05) is 11.1 Å². The summed E-state index contributed by atoms with van der Waals surface area (Å²) < 4.78 is 13.7. The lowest BCUT2D eigenvalue weighted by Gasteiger charge is -2.14. The number of carbonyl (C=O) groups excluding carboxylic acids is 1. The molecule has 0 fully saturated rings. The van der Waals surface area contributed by atoms with Gasteiger partial charge < -0.3 is 11.1 Å². The molecule has 2 aromatic rings. The second kappa shape index (κ2) is 5.95. The molecule has 4 heteroatoms. The predicted octanol–water partition coefficient (Wildman–Crippen LogP) is 4.09. The summed E-state index contributed by atoms with van der Waals surface area (Å²) in [6.07, 6.45) is 0. The Bertz CT molecular complexity index is 657. The number of carbonyl (C=O) groups is 1. The van der Waals surface area contributed by atoms with Gasteiger partial charge in [-0.15, -0.1) is 0 Å². The molecular weight excluding hydrogens is 267 g/mol. The summed E-state index contributed by atoms with van der Waals surface area (Å²) in [4.78, 5) is 12.3. The molecule has 0 aliphatic carbocycles. The maximum atomic E-state index is 13.7. The summed E-state index contributed by atoms with van der Waals surface area (Å²) in [5.41, 5.74) is 8.33. The molecule has 3 N–H and O–H groups in total. The van der Waals surface area contributed by atoms with Crippen LogP contribution in [0, 0.1) is 12.7 Å². The van der Waals surface area contributed by atoms with Crippen molar-refractivity contribution < 1.29 is 9.18 Å². The van der Waals surface area contributed by atoms with Gasteiger partial charge in [-0.3, -0.25) is 4.79 Å². The molecule has 21 heavy (non-hydrogen) atoms. The minimum Gasteiger partial charge on any atom is -0.398 e. The molecule has 0 heterocycles. The molecule has 0 aliphatic rings. The van der Waals surface area contributed by atoms with Gasteiger partial charge in [-0.2, -0.15) is 0 Å². The highest BCUT2D eigenvalue weighted by Gasteiger charge is 2.13. The summed E-state index contributed by atoms with van der Waals surface area (Å²) in [6.45, 7) is 5.68. The van der Waals surface area contributed by atoms with Gasteiger partial charge in [0.05, 0.1) is 0 Å². The summed E-state index contributed by atoms with van der Waals surface area (Å²) >= 11 is 0. The number of hydrogen-bond acceptors (Lipinski definition) is 2. The Morgan fingerprint density at radius 2 is 1.90 bits per heavy atom. The van der Waals surface area contributed by atoms with Gasteiger partial charge in [0.2, 0.25) is 0 Å². The number of hydrogen-bond donors (Lipinski definition) is 2. The summed E-state index contributed by atoms with van der Waals surface area (Å²) in [5, 5.41) is 2.82. The minimum absolute atomic E-state index is 0.217. The Labute approximate surface area is 124 Å². The van der Waals surface area contributed by atoms with E-state index in [1.165, 1.54) is 12.1 Å². The van der Waals surface area contributed by atoms with Crippen LogP contribution in [0.2, 0.25) is 0 Å². The van der Waals surface area contributed by atoms with E-state index in [0.717, 1.165) is 11.3 Å². The van der Waals surface area contributed by atoms with E-state index in [9.17, 15) is 9.18 Å². The number of halogens is 1. The Balaban J connectivity index is 2.31. The predicted molar refractivity (Wildman–Crippen MR) is 84.0 cm³/mol. The third-order valence-corrected chi connectivity index (χ3v) is 3.48. The van der Waals surface area contributed by atoms with Gasteiger partial charge >= 0.3 is 0 Å². The maximum Gasteiger partial charge on any atom is 0.255 e. The van der Waals surface area contributed by atoms with Crippen molar-refractivity contribution in [3.8, 4) is 0 Å². The van der Waals surface area contributed by atoms with Crippen LogP contribution in [0.1, 0.15) is 41.3 Å². The van der Waals surface area contributed by atoms with Crippen LogP contribution in [-0.4, -0.2) is 5.91 Å². The second-order valence-corrected chi connectivity index (χ2v) is 5.37. The number of para-hydroxylation sites is 1. The van der Waals surface area contributed by atoms with E-state index in [2.05, 4.69) is 19.2 Å². The normalized spacial score (nSPS) is 10.7. The highest BCUT2D eigenvalue weighted by Crippen LogP contribution is 2.25. The molecule has 110 valence electrons.